The van der Waals surface area contributed by atoms with E-state index >= 15 is 0 Å². The molecule has 0 saturated carbocycles. The molecule has 0 aliphatic heterocycles. The number of phenols is 1. The molecule has 2 heterocycles. The fraction of sp³-hybridized carbons (Fsp3) is 0.186. The highest BCUT2D eigenvalue weighted by molar-refractivity contribution is 5.98. The van der Waals surface area contributed by atoms with Crippen LogP contribution in [0, 0.1) is 5.41 Å². The highest BCUT2D eigenvalue weighted by Crippen LogP contribution is 2.44. The number of hydrogen-bond acceptors (Lipinski definition) is 3. The lowest BCUT2D eigenvalue weighted by atomic mass is 9.65. The van der Waals surface area contributed by atoms with Gasteiger partial charge in [-0.05, 0) is 121 Å². The standard InChI is InChI=1S/C59H55N3O/c1-57(2,3)47-30-31-52(50(38-47)41-20-13-10-14-21-41)62-53-24-17-23-48(55(53)61-56(62)49-22-15-16-25-54(49)63)44-34-43(39-18-11-9-12-19-39)35-45(36-44)51-37-42(32-33-60-51)40-26-28-46(29-27-40)59(7,8)58(4,5)6/h9-38,63H,1-8H3. The normalized spacial score (nSPS) is 12.2. The van der Waals surface area contributed by atoms with Gasteiger partial charge in [-0.1, -0.05) is 171 Å². The fourth-order valence-corrected chi connectivity index (χ4v) is 8.47. The first-order chi connectivity index (χ1) is 30.2. The molecule has 0 spiro atoms. The van der Waals surface area contributed by atoms with E-state index < -0.39 is 0 Å². The number of phenolic OH excluding ortho intramolecular Hbond substituents is 1. The predicted molar refractivity (Wildman–Crippen MR) is 264 cm³/mol. The smallest absolute Gasteiger partial charge is 0.149 e. The van der Waals surface area contributed by atoms with Gasteiger partial charge in [-0.25, -0.2) is 4.98 Å². The first-order valence-corrected chi connectivity index (χ1v) is 22.0. The monoisotopic (exact) mass is 821 g/mol. The second-order valence-electron chi connectivity index (χ2n) is 19.4. The zero-order valence-corrected chi connectivity index (χ0v) is 37.6. The topological polar surface area (TPSA) is 50.9 Å². The van der Waals surface area contributed by atoms with Gasteiger partial charge < -0.3 is 5.11 Å². The fourth-order valence-electron chi connectivity index (χ4n) is 8.47. The van der Waals surface area contributed by atoms with E-state index in [1.807, 2.05) is 24.4 Å². The summed E-state index contributed by atoms with van der Waals surface area (Å²) in [4.78, 5) is 10.5. The number of imidazole rings is 1. The average Bonchev–Trinajstić information content (AvgIpc) is 3.68. The maximum atomic E-state index is 11.4. The Kier molecular flexibility index (Phi) is 10.5. The van der Waals surface area contributed by atoms with Crippen molar-refractivity contribution < 1.29 is 5.11 Å². The molecule has 312 valence electrons. The van der Waals surface area contributed by atoms with Crippen molar-refractivity contribution in [2.24, 2.45) is 5.41 Å². The summed E-state index contributed by atoms with van der Waals surface area (Å²) in [5, 5.41) is 11.4. The number of rotatable bonds is 8. The van der Waals surface area contributed by atoms with Crippen molar-refractivity contribution in [3.05, 3.63) is 193 Å². The van der Waals surface area contributed by atoms with E-state index in [2.05, 4.69) is 212 Å². The van der Waals surface area contributed by atoms with Gasteiger partial charge in [0.15, 0.2) is 0 Å². The molecule has 2 aromatic heterocycles. The Bertz CT molecular complexity index is 3090. The molecule has 0 aliphatic carbocycles. The minimum Gasteiger partial charge on any atom is -0.507 e. The minimum absolute atomic E-state index is 0.0191. The van der Waals surface area contributed by atoms with Crippen molar-refractivity contribution in [2.45, 2.75) is 66.2 Å². The van der Waals surface area contributed by atoms with Crippen LogP contribution in [0.2, 0.25) is 0 Å². The second kappa shape index (κ2) is 16.0. The van der Waals surface area contributed by atoms with Gasteiger partial charge in [0.25, 0.3) is 0 Å². The Morgan fingerprint density at radius 1 is 0.444 bits per heavy atom. The van der Waals surface area contributed by atoms with Crippen LogP contribution in [0.4, 0.5) is 0 Å². The molecular formula is C59H55N3O. The summed E-state index contributed by atoms with van der Waals surface area (Å²) < 4.78 is 2.23. The quantitative estimate of drug-likeness (QED) is 0.166. The van der Waals surface area contributed by atoms with Crippen LogP contribution < -0.4 is 0 Å². The SMILES string of the molecule is CC(C)(C)c1ccc(-n2c(-c3ccccc3O)nc3c(-c4cc(-c5ccccc5)cc(-c5cc(-c6ccc(C(C)(C)C(C)(C)C)cc6)ccn5)c4)cccc32)c(-c2ccccc2)c1. The summed E-state index contributed by atoms with van der Waals surface area (Å²) in [6.45, 7) is 18.3. The molecule has 0 radical (unpaired) electrons. The molecule has 9 rings (SSSR count). The molecule has 0 saturated heterocycles. The number of aromatic hydroxyl groups is 1. The summed E-state index contributed by atoms with van der Waals surface area (Å²) in [6.07, 6.45) is 1.92. The molecule has 0 unspecified atom stereocenters. The number of aromatic nitrogens is 3. The first kappa shape index (κ1) is 41.3. The Morgan fingerprint density at radius 2 is 1.05 bits per heavy atom. The van der Waals surface area contributed by atoms with E-state index in [4.69, 9.17) is 9.97 Å². The van der Waals surface area contributed by atoms with Gasteiger partial charge in [0.2, 0.25) is 0 Å². The highest BCUT2D eigenvalue weighted by atomic mass is 16.3. The van der Waals surface area contributed by atoms with Gasteiger partial charge in [0, 0.05) is 22.9 Å². The molecule has 63 heavy (non-hydrogen) atoms. The maximum Gasteiger partial charge on any atom is 0.149 e. The van der Waals surface area contributed by atoms with Crippen LogP contribution in [-0.2, 0) is 10.8 Å². The zero-order valence-electron chi connectivity index (χ0n) is 37.6. The lowest BCUT2D eigenvalue weighted by Crippen LogP contribution is -2.33. The van der Waals surface area contributed by atoms with Crippen molar-refractivity contribution in [1.82, 2.24) is 14.5 Å². The summed E-state index contributed by atoms with van der Waals surface area (Å²) in [6, 6.07) is 61.9. The van der Waals surface area contributed by atoms with Crippen molar-refractivity contribution in [1.29, 1.82) is 0 Å². The van der Waals surface area contributed by atoms with E-state index in [1.54, 1.807) is 6.07 Å². The van der Waals surface area contributed by atoms with Crippen LogP contribution in [0.3, 0.4) is 0 Å². The van der Waals surface area contributed by atoms with Crippen molar-refractivity contribution in [3.8, 4) is 78.6 Å². The third-order valence-electron chi connectivity index (χ3n) is 13.2. The summed E-state index contributed by atoms with van der Waals surface area (Å²) in [5.74, 6) is 0.844. The van der Waals surface area contributed by atoms with Crippen LogP contribution in [0.1, 0.15) is 66.5 Å². The minimum atomic E-state index is -0.0590. The molecule has 4 heteroatoms. The van der Waals surface area contributed by atoms with Crippen LogP contribution in [0.5, 0.6) is 5.75 Å². The summed E-state index contributed by atoms with van der Waals surface area (Å²) >= 11 is 0. The largest absolute Gasteiger partial charge is 0.507 e. The Hall–Kier alpha value is -7.04. The van der Waals surface area contributed by atoms with Gasteiger partial charge in [-0.3, -0.25) is 9.55 Å². The Labute approximate surface area is 372 Å². The van der Waals surface area contributed by atoms with Crippen LogP contribution in [-0.4, -0.2) is 19.6 Å². The number of hydrogen-bond donors (Lipinski definition) is 1. The predicted octanol–water partition coefficient (Wildman–Crippen LogP) is 15.7. The zero-order chi connectivity index (χ0) is 44.1. The van der Waals surface area contributed by atoms with E-state index in [-0.39, 0.29) is 22.0 Å². The van der Waals surface area contributed by atoms with E-state index in [9.17, 15) is 5.11 Å². The molecular weight excluding hydrogens is 767 g/mol. The molecule has 0 atom stereocenters. The van der Waals surface area contributed by atoms with Gasteiger partial charge in [0.1, 0.15) is 11.6 Å². The van der Waals surface area contributed by atoms with Crippen molar-refractivity contribution in [2.75, 3.05) is 0 Å². The lowest BCUT2D eigenvalue weighted by Gasteiger charge is -2.39. The van der Waals surface area contributed by atoms with E-state index in [1.165, 1.54) is 11.1 Å². The summed E-state index contributed by atoms with van der Waals surface area (Å²) in [5.41, 5.74) is 16.7. The molecule has 0 aliphatic rings. The van der Waals surface area contributed by atoms with Crippen LogP contribution >= 0.6 is 0 Å². The third-order valence-corrected chi connectivity index (χ3v) is 13.2. The van der Waals surface area contributed by atoms with Crippen molar-refractivity contribution >= 4 is 11.0 Å². The first-order valence-electron chi connectivity index (χ1n) is 22.0. The highest BCUT2D eigenvalue weighted by Gasteiger charge is 2.34. The van der Waals surface area contributed by atoms with E-state index in [0.717, 1.165) is 72.5 Å². The van der Waals surface area contributed by atoms with Gasteiger partial charge in [-0.15, -0.1) is 0 Å². The number of nitrogens with zero attached hydrogens (tertiary/aromatic N) is 3. The average molecular weight is 822 g/mol. The third kappa shape index (κ3) is 7.87. The van der Waals surface area contributed by atoms with Crippen LogP contribution in [0.15, 0.2) is 182 Å². The molecule has 1 N–H and O–H groups in total. The van der Waals surface area contributed by atoms with Gasteiger partial charge in [-0.2, -0.15) is 0 Å². The number of fused-ring (bicyclic) bond motifs is 1. The molecule has 0 amide bonds. The summed E-state index contributed by atoms with van der Waals surface area (Å²) in [7, 11) is 0. The maximum absolute atomic E-state index is 11.4. The number of benzene rings is 7. The van der Waals surface area contributed by atoms with Crippen LogP contribution in [0.25, 0.3) is 83.9 Å². The molecule has 0 bridgehead atoms. The Balaban J connectivity index is 1.25. The van der Waals surface area contributed by atoms with E-state index in [0.29, 0.717) is 11.4 Å². The van der Waals surface area contributed by atoms with Gasteiger partial charge in [0.05, 0.1) is 28.0 Å². The van der Waals surface area contributed by atoms with Gasteiger partial charge >= 0.3 is 0 Å². The van der Waals surface area contributed by atoms with Crippen molar-refractivity contribution in [3.63, 3.8) is 0 Å². The Morgan fingerprint density at radius 3 is 1.73 bits per heavy atom. The number of para-hydroxylation sites is 2. The lowest BCUT2D eigenvalue weighted by molar-refractivity contribution is 0.225. The molecule has 9 aromatic rings. The molecule has 7 aromatic carbocycles. The second-order valence-corrected chi connectivity index (χ2v) is 19.4. The number of pyridine rings is 1. The molecule has 0 fully saturated rings. The molecule has 4 nitrogen and oxygen atoms in total.